The first kappa shape index (κ1) is 13.4. The zero-order chi connectivity index (χ0) is 12.5. The van der Waals surface area contributed by atoms with Crippen LogP contribution in [0, 0.1) is 11.3 Å². The van der Waals surface area contributed by atoms with Crippen molar-refractivity contribution >= 4 is 5.82 Å². The minimum absolute atomic E-state index is 0.556. The molecule has 0 aromatic carbocycles. The van der Waals surface area contributed by atoms with Gasteiger partial charge in [0.1, 0.15) is 11.9 Å². The number of rotatable bonds is 7. The smallest absolute Gasteiger partial charge is 0.143 e. The Hall–Kier alpha value is -1.64. The maximum Gasteiger partial charge on any atom is 0.143 e. The number of hydrogen-bond donors (Lipinski definition) is 1. The van der Waals surface area contributed by atoms with Gasteiger partial charge in [0, 0.05) is 19.3 Å². The lowest BCUT2D eigenvalue weighted by molar-refractivity contribution is 0.126. The molecule has 17 heavy (non-hydrogen) atoms. The van der Waals surface area contributed by atoms with Gasteiger partial charge in [-0.2, -0.15) is 5.26 Å². The molecule has 0 aliphatic carbocycles. The van der Waals surface area contributed by atoms with Crippen molar-refractivity contribution in [1.82, 2.24) is 9.88 Å². The molecule has 0 bridgehead atoms. The molecule has 1 aromatic heterocycles. The molecule has 0 spiro atoms. The Morgan fingerprint density at radius 1 is 1.47 bits per heavy atom. The van der Waals surface area contributed by atoms with E-state index in [-0.39, 0.29) is 0 Å². The van der Waals surface area contributed by atoms with Gasteiger partial charge < -0.3 is 15.0 Å². The average Bonchev–Trinajstić information content (AvgIpc) is 2.33. The molecule has 5 nitrogen and oxygen atoms in total. The fourth-order valence-electron chi connectivity index (χ4n) is 1.23. The third kappa shape index (κ3) is 5.29. The van der Waals surface area contributed by atoms with Crippen LogP contribution in [0.4, 0.5) is 5.82 Å². The molecule has 0 atom stereocenters. The van der Waals surface area contributed by atoms with Gasteiger partial charge in [-0.1, -0.05) is 0 Å². The Bertz CT molecular complexity index is 373. The molecule has 1 rings (SSSR count). The monoisotopic (exact) mass is 234 g/mol. The number of nitrogens with zero attached hydrogens (tertiary/aromatic N) is 3. The van der Waals surface area contributed by atoms with Crippen LogP contribution in [-0.2, 0) is 4.74 Å². The normalized spacial score (nSPS) is 10.2. The van der Waals surface area contributed by atoms with Gasteiger partial charge >= 0.3 is 0 Å². The summed E-state index contributed by atoms with van der Waals surface area (Å²) >= 11 is 0. The Morgan fingerprint density at radius 3 is 3.00 bits per heavy atom. The van der Waals surface area contributed by atoms with E-state index in [4.69, 9.17) is 10.00 Å². The van der Waals surface area contributed by atoms with Crippen molar-refractivity contribution in [1.29, 1.82) is 5.26 Å². The van der Waals surface area contributed by atoms with Gasteiger partial charge in [-0.3, -0.25) is 0 Å². The lowest BCUT2D eigenvalue weighted by atomic mass is 10.3. The first-order chi connectivity index (χ1) is 8.24. The number of nitriles is 1. The van der Waals surface area contributed by atoms with Crippen molar-refractivity contribution in [2.75, 3.05) is 45.7 Å². The number of hydrogen-bond acceptors (Lipinski definition) is 5. The predicted molar refractivity (Wildman–Crippen MR) is 66.8 cm³/mol. The third-order valence-electron chi connectivity index (χ3n) is 2.15. The first-order valence-corrected chi connectivity index (χ1v) is 5.55. The Morgan fingerprint density at radius 2 is 2.29 bits per heavy atom. The number of ether oxygens (including phenoxy) is 1. The summed E-state index contributed by atoms with van der Waals surface area (Å²) in [6.07, 6.45) is 1.66. The molecular weight excluding hydrogens is 216 g/mol. The van der Waals surface area contributed by atoms with Crippen molar-refractivity contribution in [3.63, 3.8) is 0 Å². The van der Waals surface area contributed by atoms with Gasteiger partial charge in [-0.25, -0.2) is 4.98 Å². The minimum atomic E-state index is 0.556. The molecule has 0 aliphatic heterocycles. The van der Waals surface area contributed by atoms with E-state index < -0.39 is 0 Å². The molecule has 0 radical (unpaired) electrons. The molecule has 1 aromatic rings. The van der Waals surface area contributed by atoms with E-state index in [9.17, 15) is 0 Å². The molecule has 1 N–H and O–H groups in total. The maximum absolute atomic E-state index is 8.85. The summed E-state index contributed by atoms with van der Waals surface area (Å²) in [5, 5.41) is 11.9. The first-order valence-electron chi connectivity index (χ1n) is 5.55. The molecule has 0 fully saturated rings. The highest BCUT2D eigenvalue weighted by Crippen LogP contribution is 2.08. The van der Waals surface area contributed by atoms with E-state index >= 15 is 0 Å². The zero-order valence-corrected chi connectivity index (χ0v) is 10.3. The van der Waals surface area contributed by atoms with E-state index in [1.54, 1.807) is 18.3 Å². The van der Waals surface area contributed by atoms with Crippen molar-refractivity contribution < 1.29 is 4.74 Å². The number of likely N-dealkylation sites (N-methyl/N-ethyl adjacent to an activating group) is 1. The van der Waals surface area contributed by atoms with Gasteiger partial charge in [0.15, 0.2) is 0 Å². The molecule has 0 saturated heterocycles. The average molecular weight is 234 g/mol. The second-order valence-electron chi connectivity index (χ2n) is 3.85. The number of anilines is 1. The van der Waals surface area contributed by atoms with Crippen LogP contribution in [-0.4, -0.2) is 50.3 Å². The highest BCUT2D eigenvalue weighted by Gasteiger charge is 2.00. The summed E-state index contributed by atoms with van der Waals surface area (Å²) < 4.78 is 5.42. The van der Waals surface area contributed by atoms with Crippen LogP contribution in [0.25, 0.3) is 0 Å². The summed E-state index contributed by atoms with van der Waals surface area (Å²) in [7, 11) is 4.02. The van der Waals surface area contributed by atoms with Crippen molar-refractivity contribution in [2.45, 2.75) is 0 Å². The Labute approximate surface area is 102 Å². The van der Waals surface area contributed by atoms with Crippen LogP contribution in [0.3, 0.4) is 0 Å². The maximum atomic E-state index is 8.85. The number of aromatic nitrogens is 1. The summed E-state index contributed by atoms with van der Waals surface area (Å²) in [6.45, 7) is 2.88. The van der Waals surface area contributed by atoms with Crippen LogP contribution in [0.5, 0.6) is 0 Å². The van der Waals surface area contributed by atoms with Crippen molar-refractivity contribution in [2.24, 2.45) is 0 Å². The van der Waals surface area contributed by atoms with E-state index in [1.165, 1.54) is 0 Å². The molecule has 5 heteroatoms. The Kier molecular flexibility index (Phi) is 6.00. The van der Waals surface area contributed by atoms with Crippen LogP contribution >= 0.6 is 0 Å². The second kappa shape index (κ2) is 7.60. The molecule has 0 amide bonds. The SMILES string of the molecule is CN(C)CCOCCNc1ncccc1C#N. The van der Waals surface area contributed by atoms with E-state index in [0.29, 0.717) is 31.1 Å². The summed E-state index contributed by atoms with van der Waals surface area (Å²) in [6, 6.07) is 5.58. The number of pyridine rings is 1. The van der Waals surface area contributed by atoms with Gasteiger partial charge in [0.05, 0.1) is 18.8 Å². The van der Waals surface area contributed by atoms with Gasteiger partial charge in [-0.15, -0.1) is 0 Å². The highest BCUT2D eigenvalue weighted by molar-refractivity contribution is 5.50. The van der Waals surface area contributed by atoms with E-state index in [0.717, 1.165) is 6.54 Å². The molecular formula is C12H18N4O. The molecule has 0 aliphatic rings. The summed E-state index contributed by atoms with van der Waals surface area (Å²) in [5.41, 5.74) is 0.556. The largest absolute Gasteiger partial charge is 0.378 e. The fraction of sp³-hybridized carbons (Fsp3) is 0.500. The van der Waals surface area contributed by atoms with Crippen LogP contribution in [0.2, 0.25) is 0 Å². The zero-order valence-electron chi connectivity index (χ0n) is 10.3. The van der Waals surface area contributed by atoms with Crippen molar-refractivity contribution in [3.8, 4) is 6.07 Å². The molecule has 0 unspecified atom stereocenters. The number of nitrogens with one attached hydrogen (secondary N) is 1. The predicted octanol–water partition coefficient (Wildman–Crippen LogP) is 0.943. The standard InChI is InChI=1S/C12H18N4O/c1-16(2)7-9-17-8-6-15-12-11(10-13)4-3-5-14-12/h3-5H,6-9H2,1-2H3,(H,14,15). The van der Waals surface area contributed by atoms with Crippen LogP contribution in [0.15, 0.2) is 18.3 Å². The highest BCUT2D eigenvalue weighted by atomic mass is 16.5. The van der Waals surface area contributed by atoms with Gasteiger partial charge in [0.2, 0.25) is 0 Å². The van der Waals surface area contributed by atoms with Gasteiger partial charge in [-0.05, 0) is 26.2 Å². The lowest BCUT2D eigenvalue weighted by Crippen LogP contribution is -2.20. The molecule has 0 saturated carbocycles. The van der Waals surface area contributed by atoms with Crippen LogP contribution < -0.4 is 5.32 Å². The Balaban J connectivity index is 2.20. The van der Waals surface area contributed by atoms with E-state index in [2.05, 4.69) is 21.3 Å². The quantitative estimate of drug-likeness (QED) is 0.711. The minimum Gasteiger partial charge on any atom is -0.378 e. The molecule has 92 valence electrons. The lowest BCUT2D eigenvalue weighted by Gasteiger charge is -2.10. The molecule has 1 heterocycles. The van der Waals surface area contributed by atoms with Crippen LogP contribution in [0.1, 0.15) is 5.56 Å². The second-order valence-corrected chi connectivity index (χ2v) is 3.85. The topological polar surface area (TPSA) is 61.2 Å². The summed E-state index contributed by atoms with van der Waals surface area (Å²) in [5.74, 6) is 0.617. The summed E-state index contributed by atoms with van der Waals surface area (Å²) in [4.78, 5) is 6.17. The van der Waals surface area contributed by atoms with E-state index in [1.807, 2.05) is 14.1 Å². The third-order valence-corrected chi connectivity index (χ3v) is 2.15. The van der Waals surface area contributed by atoms with Gasteiger partial charge in [0.25, 0.3) is 0 Å². The fourth-order valence-corrected chi connectivity index (χ4v) is 1.23. The van der Waals surface area contributed by atoms with Crippen molar-refractivity contribution in [3.05, 3.63) is 23.9 Å².